The third-order valence-electron chi connectivity index (χ3n) is 20.1. The van der Waals surface area contributed by atoms with Gasteiger partial charge in [0.25, 0.3) is 0 Å². The lowest BCUT2D eigenvalue weighted by molar-refractivity contribution is 0.598. The quantitative estimate of drug-likeness (QED) is 0.105. The van der Waals surface area contributed by atoms with E-state index < -0.39 is 0 Å². The molecule has 0 fully saturated rings. The van der Waals surface area contributed by atoms with E-state index in [1.807, 2.05) is 41.5 Å². The molecule has 0 saturated heterocycles. The molecule has 0 aliphatic heterocycles. The average molecular weight is 1160 g/mol. The molecule has 1 atom stereocenters. The van der Waals surface area contributed by atoms with Gasteiger partial charge in [-0.15, -0.1) is 0 Å². The molecule has 0 aromatic heterocycles. The maximum absolute atomic E-state index is 2.55. The maximum atomic E-state index is 2.55. The van der Waals surface area contributed by atoms with E-state index in [9.17, 15) is 0 Å². The van der Waals surface area contributed by atoms with Crippen molar-refractivity contribution >= 4 is 43.5 Å². The molecule has 0 amide bonds. The molecule has 444 valence electrons. The van der Waals surface area contributed by atoms with Gasteiger partial charge in [-0.25, -0.2) is 0 Å². The summed E-state index contributed by atoms with van der Waals surface area (Å²) in [6.45, 7) is 31.1. The first-order chi connectivity index (χ1) is 43.3. The van der Waals surface area contributed by atoms with Gasteiger partial charge in [-0.05, 0) is 211 Å². The number of hydrogen-bond acceptors (Lipinski definition) is 0. The fourth-order valence-electron chi connectivity index (χ4n) is 15.8. The fourth-order valence-corrected chi connectivity index (χ4v) is 15.8. The van der Waals surface area contributed by atoms with Crippen molar-refractivity contribution in [2.45, 2.75) is 138 Å². The molecule has 11 aromatic carbocycles. The normalized spacial score (nSPS) is 15.6. The first-order valence-corrected chi connectivity index (χ1v) is 33.3. The van der Waals surface area contributed by atoms with Gasteiger partial charge in [-0.3, -0.25) is 0 Å². The highest BCUT2D eigenvalue weighted by molar-refractivity contribution is 6.18. The van der Waals surface area contributed by atoms with Crippen LogP contribution in [0.4, 0.5) is 0 Å². The van der Waals surface area contributed by atoms with E-state index in [-0.39, 0.29) is 22.2 Å². The van der Waals surface area contributed by atoms with E-state index >= 15 is 0 Å². The van der Waals surface area contributed by atoms with Gasteiger partial charge in [0.1, 0.15) is 0 Å². The van der Waals surface area contributed by atoms with Crippen LogP contribution in [0.3, 0.4) is 0 Å². The summed E-state index contributed by atoms with van der Waals surface area (Å²) in [5, 5.41) is 7.68. The Morgan fingerprint density at radius 2 is 0.899 bits per heavy atom. The van der Waals surface area contributed by atoms with Crippen molar-refractivity contribution in [3.8, 4) is 66.8 Å². The van der Waals surface area contributed by atoms with Gasteiger partial charge in [-0.2, -0.15) is 0 Å². The number of rotatable bonds is 8. The highest BCUT2D eigenvalue weighted by Gasteiger charge is 2.39. The Bertz CT molecular complexity index is 4680. The van der Waals surface area contributed by atoms with E-state index in [0.717, 1.165) is 12.8 Å². The van der Waals surface area contributed by atoms with Crippen molar-refractivity contribution in [1.82, 2.24) is 0 Å². The monoisotopic (exact) mass is 1160 g/mol. The van der Waals surface area contributed by atoms with Crippen LogP contribution >= 0.6 is 0 Å². The Kier molecular flexibility index (Phi) is 16.5. The van der Waals surface area contributed by atoms with Crippen LogP contribution in [0.1, 0.15) is 167 Å². The number of benzene rings is 11. The Balaban J connectivity index is 0.00000125. The van der Waals surface area contributed by atoms with Crippen molar-refractivity contribution in [3.05, 3.63) is 287 Å². The molecule has 0 radical (unpaired) electrons. The van der Waals surface area contributed by atoms with Crippen LogP contribution < -0.4 is 0 Å². The van der Waals surface area contributed by atoms with Crippen LogP contribution in [-0.2, 0) is 16.2 Å². The molecule has 15 rings (SSSR count). The average Bonchev–Trinajstić information content (AvgIpc) is 1.70. The zero-order chi connectivity index (χ0) is 62.5. The lowest BCUT2D eigenvalue weighted by Gasteiger charge is -2.27. The van der Waals surface area contributed by atoms with Crippen molar-refractivity contribution in [3.63, 3.8) is 0 Å². The molecule has 0 heterocycles. The summed E-state index contributed by atoms with van der Waals surface area (Å²) >= 11 is 0. The molecule has 4 aliphatic rings. The van der Waals surface area contributed by atoms with Gasteiger partial charge in [-0.1, -0.05) is 302 Å². The second kappa shape index (κ2) is 24.3. The van der Waals surface area contributed by atoms with Crippen LogP contribution in [-0.4, -0.2) is 0 Å². The molecule has 0 bridgehead atoms. The summed E-state index contributed by atoms with van der Waals surface area (Å²) in [6, 6.07) is 79.5. The van der Waals surface area contributed by atoms with Crippen molar-refractivity contribution in [2.24, 2.45) is 0 Å². The third-order valence-corrected chi connectivity index (χ3v) is 20.1. The Morgan fingerprint density at radius 3 is 1.62 bits per heavy atom. The standard InChI is InChI=1S/C83H70.3C2H6/c1-9-10-25-58(55-38-42-64-63-29-20-21-35-74(63)82(5,6)76(64)48-55)51(2)79-69-31-18-19-32-70(69)80(68-30-17-16-27-61(68)57-40-43-65-62-28-12-11-13-34-73(62)81(3,4)77(65)50-57)71-45-37-53(46-72(71)79)54-36-41-66-67-44-39-56(49-78(67)83(7,8)75(66)47-54)60-33-22-24-52-23-14-15-26-59(52)60;3*1-2/h9-10,12,14-33,35-51H,11,13,34H2,1-8H3;3*1-2H3/b10-9-,58-25+;;;. The van der Waals surface area contributed by atoms with Gasteiger partial charge in [0.2, 0.25) is 0 Å². The van der Waals surface area contributed by atoms with E-state index in [4.69, 9.17) is 0 Å². The van der Waals surface area contributed by atoms with Crippen LogP contribution in [0, 0.1) is 0 Å². The van der Waals surface area contributed by atoms with Gasteiger partial charge in [0.05, 0.1) is 0 Å². The topological polar surface area (TPSA) is 0 Å². The van der Waals surface area contributed by atoms with Crippen LogP contribution in [0.2, 0.25) is 0 Å². The first kappa shape index (κ1) is 60.4. The highest BCUT2D eigenvalue weighted by Crippen LogP contribution is 2.56. The van der Waals surface area contributed by atoms with Crippen molar-refractivity contribution in [1.29, 1.82) is 0 Å². The van der Waals surface area contributed by atoms with Crippen LogP contribution in [0.25, 0.3) is 110 Å². The second-order valence-electron chi connectivity index (χ2n) is 25.7. The summed E-state index contributed by atoms with van der Waals surface area (Å²) in [5.41, 5.74) is 30.4. The lowest BCUT2D eigenvalue weighted by atomic mass is 9.76. The van der Waals surface area contributed by atoms with Gasteiger partial charge in [0, 0.05) is 22.2 Å². The molecule has 0 saturated carbocycles. The SMILES string of the molecule is C/C=C\C=C(\c1ccc2c(c1)C(C)(C)c1ccccc1-2)C(C)c1c2ccccc2c(-c2ccccc2-c2ccc3c(c2)C(C)(C)C2=C3C=CCCC2)c2ccc(-c3ccc4c(c3)C(C)(C)c3cc(-c5cccc6ccccc56)ccc3-4)cc12.CC.CC.CC. The maximum Gasteiger partial charge on any atom is 0.0159 e. The number of allylic oxidation sites excluding steroid dienone is 8. The molecule has 0 N–H and O–H groups in total. The predicted octanol–water partition coefficient (Wildman–Crippen LogP) is 26.1. The van der Waals surface area contributed by atoms with Gasteiger partial charge in [0.15, 0.2) is 0 Å². The van der Waals surface area contributed by atoms with E-state index in [1.165, 1.54) is 161 Å². The summed E-state index contributed by atoms with van der Waals surface area (Å²) in [7, 11) is 0. The first-order valence-electron chi connectivity index (χ1n) is 33.3. The largest absolute Gasteiger partial charge is 0.0877 e. The van der Waals surface area contributed by atoms with E-state index in [2.05, 4.69) is 292 Å². The predicted molar refractivity (Wildman–Crippen MR) is 390 cm³/mol. The van der Waals surface area contributed by atoms with Crippen molar-refractivity contribution in [2.75, 3.05) is 0 Å². The highest BCUT2D eigenvalue weighted by atomic mass is 14.4. The Labute approximate surface area is 532 Å². The van der Waals surface area contributed by atoms with Crippen molar-refractivity contribution < 1.29 is 0 Å². The third kappa shape index (κ3) is 9.90. The Hall–Kier alpha value is -8.84. The van der Waals surface area contributed by atoms with E-state index in [0.29, 0.717) is 0 Å². The smallest absolute Gasteiger partial charge is 0.0159 e. The van der Waals surface area contributed by atoms with Gasteiger partial charge >= 0.3 is 0 Å². The molecular formula is C89H88. The molecule has 4 aliphatic carbocycles. The summed E-state index contributed by atoms with van der Waals surface area (Å²) in [5.74, 6) is 0.0168. The van der Waals surface area contributed by atoms with Gasteiger partial charge < -0.3 is 0 Å². The zero-order valence-corrected chi connectivity index (χ0v) is 55.2. The minimum absolute atomic E-state index is 0.0168. The number of hydrogen-bond donors (Lipinski definition) is 0. The number of fused-ring (bicyclic) bond motifs is 11. The van der Waals surface area contributed by atoms with E-state index in [1.54, 1.807) is 5.57 Å². The minimum atomic E-state index is -0.207. The Morgan fingerprint density at radius 1 is 0.404 bits per heavy atom. The van der Waals surface area contributed by atoms with Crippen LogP contribution in [0.5, 0.6) is 0 Å². The fraction of sp³-hybridized carbons (Fsp3) is 0.236. The summed E-state index contributed by atoms with van der Waals surface area (Å²) in [6.07, 6.45) is 15.1. The lowest BCUT2D eigenvalue weighted by Crippen LogP contribution is -2.17. The zero-order valence-electron chi connectivity index (χ0n) is 55.2. The molecule has 0 nitrogen and oxygen atoms in total. The molecule has 0 heteroatoms. The van der Waals surface area contributed by atoms with Crippen LogP contribution in [0.15, 0.2) is 242 Å². The second-order valence-corrected chi connectivity index (χ2v) is 25.7. The molecular weight excluding hydrogens is 1070 g/mol. The summed E-state index contributed by atoms with van der Waals surface area (Å²) < 4.78 is 0. The summed E-state index contributed by atoms with van der Waals surface area (Å²) in [4.78, 5) is 0. The molecule has 1 unspecified atom stereocenters. The minimum Gasteiger partial charge on any atom is -0.0877 e. The molecule has 89 heavy (non-hydrogen) atoms. The molecule has 11 aromatic rings. The molecule has 0 spiro atoms.